The molecule has 0 aliphatic heterocycles. The van der Waals surface area contributed by atoms with Crippen LogP contribution in [-0.4, -0.2) is 27.3 Å². The molecule has 0 saturated heterocycles. The van der Waals surface area contributed by atoms with Gasteiger partial charge >= 0.3 is 0 Å². The molecule has 0 unspecified atom stereocenters. The lowest BCUT2D eigenvalue weighted by atomic mass is 10.1. The van der Waals surface area contributed by atoms with Gasteiger partial charge in [-0.25, -0.2) is 0 Å². The summed E-state index contributed by atoms with van der Waals surface area (Å²) >= 11 is 2.61. The van der Waals surface area contributed by atoms with Crippen molar-refractivity contribution in [1.82, 2.24) is 10.2 Å². The molecule has 0 atom stereocenters. The lowest BCUT2D eigenvalue weighted by Crippen LogP contribution is -2.14. The van der Waals surface area contributed by atoms with E-state index in [-0.39, 0.29) is 11.3 Å². The molecule has 0 spiro atoms. The van der Waals surface area contributed by atoms with Crippen molar-refractivity contribution >= 4 is 39.8 Å². The van der Waals surface area contributed by atoms with Gasteiger partial charge in [0.25, 0.3) is 11.6 Å². The van der Waals surface area contributed by atoms with Crippen LogP contribution in [0.3, 0.4) is 0 Å². The Hall–Kier alpha value is -2.00. The molecule has 2 rings (SSSR count). The Morgan fingerprint density at radius 3 is 2.75 bits per heavy atom. The molecule has 0 aliphatic rings. The van der Waals surface area contributed by atoms with Gasteiger partial charge in [0.05, 0.1) is 4.92 Å². The van der Waals surface area contributed by atoms with Crippen LogP contribution >= 0.6 is 23.1 Å². The molecule has 2 aromatic rings. The largest absolute Gasteiger partial charge is 0.296 e. The molecular formula is C11H10N4O3S2. The molecule has 7 nitrogen and oxygen atoms in total. The number of nitro groups is 1. The van der Waals surface area contributed by atoms with Crippen LogP contribution in [-0.2, 0) is 0 Å². The van der Waals surface area contributed by atoms with Gasteiger partial charge in [-0.2, -0.15) is 0 Å². The number of rotatable bonds is 4. The standard InChI is InChI=1S/C11H10N4O3S2/c1-6-13-14-11(20-6)12-10(16)8-5-7(19-2)3-4-9(8)15(17)18/h3-5H,1-2H3,(H,12,14,16). The summed E-state index contributed by atoms with van der Waals surface area (Å²) in [4.78, 5) is 23.3. The van der Waals surface area contributed by atoms with E-state index in [1.807, 2.05) is 6.26 Å². The maximum atomic E-state index is 12.1. The van der Waals surface area contributed by atoms with E-state index in [0.717, 1.165) is 4.90 Å². The van der Waals surface area contributed by atoms with Crippen LogP contribution in [0.15, 0.2) is 23.1 Å². The molecule has 1 N–H and O–H groups in total. The van der Waals surface area contributed by atoms with Crippen LogP contribution in [0.5, 0.6) is 0 Å². The Morgan fingerprint density at radius 2 is 2.20 bits per heavy atom. The van der Waals surface area contributed by atoms with E-state index in [0.29, 0.717) is 10.1 Å². The van der Waals surface area contributed by atoms with Gasteiger partial charge in [-0.3, -0.25) is 20.2 Å². The number of hydrogen-bond acceptors (Lipinski definition) is 7. The number of carbonyl (C=O) groups is 1. The third-order valence-corrected chi connectivity index (χ3v) is 3.87. The summed E-state index contributed by atoms with van der Waals surface area (Å²) in [7, 11) is 0. The van der Waals surface area contributed by atoms with E-state index in [1.165, 1.54) is 35.2 Å². The number of nitrogens with one attached hydrogen (secondary N) is 1. The summed E-state index contributed by atoms with van der Waals surface area (Å²) in [6.45, 7) is 1.75. The van der Waals surface area contributed by atoms with Crippen molar-refractivity contribution in [3.05, 3.63) is 38.9 Å². The highest BCUT2D eigenvalue weighted by Gasteiger charge is 2.21. The minimum atomic E-state index is -0.579. The zero-order valence-corrected chi connectivity index (χ0v) is 12.2. The molecule has 0 saturated carbocycles. The number of amides is 1. The number of aryl methyl sites for hydroxylation is 1. The molecule has 0 radical (unpaired) electrons. The van der Waals surface area contributed by atoms with Crippen LogP contribution in [0.1, 0.15) is 15.4 Å². The molecule has 0 fully saturated rings. The van der Waals surface area contributed by atoms with E-state index in [9.17, 15) is 14.9 Å². The van der Waals surface area contributed by atoms with Crippen LogP contribution in [0.2, 0.25) is 0 Å². The Labute approximate surface area is 122 Å². The number of nitro benzene ring substituents is 1. The first-order valence-electron chi connectivity index (χ1n) is 5.45. The first-order valence-corrected chi connectivity index (χ1v) is 7.49. The number of benzene rings is 1. The van der Waals surface area contributed by atoms with Gasteiger partial charge in [0, 0.05) is 11.0 Å². The fourth-order valence-corrected chi connectivity index (χ4v) is 2.52. The molecule has 1 heterocycles. The second-order valence-corrected chi connectivity index (χ2v) is 5.78. The topological polar surface area (TPSA) is 98.0 Å². The van der Waals surface area contributed by atoms with E-state index < -0.39 is 10.8 Å². The van der Waals surface area contributed by atoms with Crippen molar-refractivity contribution in [3.8, 4) is 0 Å². The number of carbonyl (C=O) groups excluding carboxylic acids is 1. The maximum absolute atomic E-state index is 12.1. The van der Waals surface area contributed by atoms with Gasteiger partial charge in [-0.15, -0.1) is 22.0 Å². The molecule has 1 amide bonds. The van der Waals surface area contributed by atoms with Crippen molar-refractivity contribution in [2.75, 3.05) is 11.6 Å². The summed E-state index contributed by atoms with van der Waals surface area (Å²) in [5.41, 5.74) is -0.226. The number of anilines is 1. The Morgan fingerprint density at radius 1 is 1.45 bits per heavy atom. The average Bonchev–Trinajstić information content (AvgIpc) is 2.83. The lowest BCUT2D eigenvalue weighted by Gasteiger charge is -2.04. The zero-order valence-electron chi connectivity index (χ0n) is 10.6. The zero-order chi connectivity index (χ0) is 14.7. The average molecular weight is 310 g/mol. The highest BCUT2D eigenvalue weighted by atomic mass is 32.2. The fourth-order valence-electron chi connectivity index (χ4n) is 1.49. The van der Waals surface area contributed by atoms with Crippen molar-refractivity contribution in [1.29, 1.82) is 0 Å². The molecular weight excluding hydrogens is 300 g/mol. The SMILES string of the molecule is CSc1ccc([N+](=O)[O-])c(C(=O)Nc2nnc(C)s2)c1. The quantitative estimate of drug-likeness (QED) is 0.529. The Balaban J connectivity index is 2.34. The monoisotopic (exact) mass is 310 g/mol. The maximum Gasteiger partial charge on any atom is 0.282 e. The van der Waals surface area contributed by atoms with Gasteiger partial charge < -0.3 is 0 Å². The van der Waals surface area contributed by atoms with Crippen molar-refractivity contribution in [3.63, 3.8) is 0 Å². The van der Waals surface area contributed by atoms with Crippen LogP contribution in [0.4, 0.5) is 10.8 Å². The summed E-state index contributed by atoms with van der Waals surface area (Å²) in [5.74, 6) is -0.566. The van der Waals surface area contributed by atoms with Crippen molar-refractivity contribution < 1.29 is 9.72 Å². The summed E-state index contributed by atoms with van der Waals surface area (Å²) in [6.07, 6.45) is 1.83. The Bertz CT molecular complexity index is 671. The van der Waals surface area contributed by atoms with Crippen LogP contribution in [0, 0.1) is 17.0 Å². The third-order valence-electron chi connectivity index (χ3n) is 2.39. The summed E-state index contributed by atoms with van der Waals surface area (Å²) in [6, 6.07) is 4.42. The first kappa shape index (κ1) is 14.4. The number of hydrogen-bond donors (Lipinski definition) is 1. The van der Waals surface area contributed by atoms with Gasteiger partial charge in [-0.05, 0) is 25.3 Å². The van der Waals surface area contributed by atoms with Gasteiger partial charge in [-0.1, -0.05) is 11.3 Å². The van der Waals surface area contributed by atoms with Gasteiger partial charge in [0.15, 0.2) is 0 Å². The number of thioether (sulfide) groups is 1. The Kier molecular flexibility index (Phi) is 4.30. The highest BCUT2D eigenvalue weighted by Crippen LogP contribution is 2.26. The van der Waals surface area contributed by atoms with Gasteiger partial charge in [0.1, 0.15) is 10.6 Å². The molecule has 0 aliphatic carbocycles. The van der Waals surface area contributed by atoms with Crippen molar-refractivity contribution in [2.24, 2.45) is 0 Å². The smallest absolute Gasteiger partial charge is 0.282 e. The molecule has 104 valence electrons. The lowest BCUT2D eigenvalue weighted by molar-refractivity contribution is -0.385. The van der Waals surface area contributed by atoms with Crippen LogP contribution in [0.25, 0.3) is 0 Å². The number of aromatic nitrogens is 2. The number of nitrogens with zero attached hydrogens (tertiary/aromatic N) is 3. The molecule has 1 aromatic carbocycles. The normalized spacial score (nSPS) is 10.3. The third kappa shape index (κ3) is 3.11. The second-order valence-electron chi connectivity index (χ2n) is 3.72. The van der Waals surface area contributed by atoms with E-state index >= 15 is 0 Å². The van der Waals surface area contributed by atoms with E-state index in [1.54, 1.807) is 13.0 Å². The highest BCUT2D eigenvalue weighted by molar-refractivity contribution is 7.98. The predicted octanol–water partition coefficient (Wildman–Crippen LogP) is 2.73. The first-order chi connectivity index (χ1) is 9.51. The summed E-state index contributed by atoms with van der Waals surface area (Å²) in [5, 5.41) is 22.0. The molecule has 20 heavy (non-hydrogen) atoms. The minimum absolute atomic E-state index is 0.00898. The predicted molar refractivity (Wildman–Crippen MR) is 77.5 cm³/mol. The molecule has 0 bridgehead atoms. The second kappa shape index (κ2) is 5.97. The van der Waals surface area contributed by atoms with Crippen molar-refractivity contribution in [2.45, 2.75) is 11.8 Å². The van der Waals surface area contributed by atoms with E-state index in [4.69, 9.17) is 0 Å². The van der Waals surface area contributed by atoms with Gasteiger partial charge in [0.2, 0.25) is 5.13 Å². The molecule has 1 aromatic heterocycles. The fraction of sp³-hybridized carbons (Fsp3) is 0.182. The van der Waals surface area contributed by atoms with Crippen LogP contribution < -0.4 is 5.32 Å². The summed E-state index contributed by atoms with van der Waals surface area (Å²) < 4.78 is 0. The van der Waals surface area contributed by atoms with E-state index in [2.05, 4.69) is 15.5 Å². The molecule has 9 heteroatoms. The minimum Gasteiger partial charge on any atom is -0.296 e.